The van der Waals surface area contributed by atoms with Crippen LogP contribution in [-0.2, 0) is 32.1 Å². The number of hydrogen-bond donors (Lipinski definition) is 0. The molecule has 3 rings (SSSR count). The summed E-state index contributed by atoms with van der Waals surface area (Å²) >= 11 is 0. The monoisotopic (exact) mass is 727 g/mol. The number of benzene rings is 3. The second-order valence-electron chi connectivity index (χ2n) is 15.7. The summed E-state index contributed by atoms with van der Waals surface area (Å²) in [6.07, 6.45) is 32.9. The molecule has 3 heteroatoms. The summed E-state index contributed by atoms with van der Waals surface area (Å²) in [6, 6.07) is 18.6. The molecule has 0 aliphatic heterocycles. The van der Waals surface area contributed by atoms with Gasteiger partial charge in [0.05, 0.1) is 21.3 Å². The second kappa shape index (κ2) is 27.6. The average Bonchev–Trinajstić information content (AvgIpc) is 3.17. The van der Waals surface area contributed by atoms with Gasteiger partial charge in [0.25, 0.3) is 0 Å². The van der Waals surface area contributed by atoms with Crippen LogP contribution >= 0.6 is 0 Å². The van der Waals surface area contributed by atoms with Gasteiger partial charge in [-0.2, -0.15) is 0 Å². The lowest BCUT2D eigenvalue weighted by molar-refractivity contribution is 0.400. The number of methoxy groups -OCH3 is 3. The van der Waals surface area contributed by atoms with Crippen LogP contribution in [0.1, 0.15) is 195 Å². The van der Waals surface area contributed by atoms with E-state index in [4.69, 9.17) is 14.2 Å². The molecule has 0 atom stereocenters. The van der Waals surface area contributed by atoms with Gasteiger partial charge in [0.2, 0.25) is 0 Å². The van der Waals surface area contributed by atoms with Crippen molar-refractivity contribution >= 4 is 0 Å². The first kappa shape index (κ1) is 44.5. The molecule has 0 heterocycles. The molecule has 0 aliphatic rings. The van der Waals surface area contributed by atoms with Crippen molar-refractivity contribution in [3.63, 3.8) is 0 Å². The van der Waals surface area contributed by atoms with Crippen molar-refractivity contribution in [3.05, 3.63) is 87.5 Å². The van der Waals surface area contributed by atoms with Gasteiger partial charge < -0.3 is 14.2 Å². The van der Waals surface area contributed by atoms with Crippen LogP contribution in [0.3, 0.4) is 0 Å². The van der Waals surface area contributed by atoms with Gasteiger partial charge in [-0.1, -0.05) is 173 Å². The van der Waals surface area contributed by atoms with Crippen molar-refractivity contribution in [2.24, 2.45) is 0 Å². The molecule has 0 aliphatic carbocycles. The Balaban J connectivity index is 1.85. The average molecular weight is 727 g/mol. The van der Waals surface area contributed by atoms with Gasteiger partial charge in [-0.3, -0.25) is 0 Å². The van der Waals surface area contributed by atoms with Crippen LogP contribution in [0.4, 0.5) is 0 Å². The molecule has 3 aromatic carbocycles. The molecule has 0 fully saturated rings. The Morgan fingerprint density at radius 1 is 0.340 bits per heavy atom. The Hall–Kier alpha value is -2.94. The number of aryl methyl sites for hydroxylation is 3. The lowest BCUT2D eigenvalue weighted by atomic mass is 9.91. The van der Waals surface area contributed by atoms with Gasteiger partial charge in [0, 0.05) is 12.8 Å². The van der Waals surface area contributed by atoms with E-state index in [0.717, 1.165) is 49.4 Å². The van der Waals surface area contributed by atoms with Crippen LogP contribution in [0.25, 0.3) is 0 Å². The van der Waals surface area contributed by atoms with E-state index in [0.29, 0.717) is 0 Å². The number of hydrogen-bond acceptors (Lipinski definition) is 3. The normalized spacial score (nSPS) is 11.3. The van der Waals surface area contributed by atoms with Crippen LogP contribution in [0.2, 0.25) is 0 Å². The Kier molecular flexibility index (Phi) is 23.2. The van der Waals surface area contributed by atoms with E-state index in [9.17, 15) is 0 Å². The fraction of sp³-hybridized carbons (Fsp3) is 0.640. The minimum absolute atomic E-state index is 0.796. The van der Waals surface area contributed by atoms with E-state index in [1.54, 1.807) is 14.2 Å². The molecule has 0 saturated heterocycles. The van der Waals surface area contributed by atoms with E-state index < -0.39 is 0 Å². The van der Waals surface area contributed by atoms with Crippen molar-refractivity contribution in [1.82, 2.24) is 0 Å². The highest BCUT2D eigenvalue weighted by molar-refractivity contribution is 5.52. The molecule has 0 spiro atoms. The molecule has 0 N–H and O–H groups in total. The molecule has 0 saturated carbocycles. The molecule has 53 heavy (non-hydrogen) atoms. The number of ether oxygens (including phenoxy) is 3. The molecule has 3 aromatic rings. The van der Waals surface area contributed by atoms with Gasteiger partial charge in [0.15, 0.2) is 0 Å². The zero-order chi connectivity index (χ0) is 37.9. The molecular formula is C50H78O3. The van der Waals surface area contributed by atoms with Crippen molar-refractivity contribution in [3.8, 4) is 17.2 Å². The van der Waals surface area contributed by atoms with Crippen molar-refractivity contribution < 1.29 is 14.2 Å². The minimum Gasteiger partial charge on any atom is -0.496 e. The highest BCUT2D eigenvalue weighted by Crippen LogP contribution is 2.35. The predicted molar refractivity (Wildman–Crippen MR) is 230 cm³/mol. The van der Waals surface area contributed by atoms with Gasteiger partial charge in [-0.05, 0) is 89.6 Å². The summed E-state index contributed by atoms with van der Waals surface area (Å²) in [4.78, 5) is 0. The zero-order valence-electron chi connectivity index (χ0n) is 35.2. The van der Waals surface area contributed by atoms with E-state index >= 15 is 0 Å². The molecule has 3 nitrogen and oxygen atoms in total. The molecular weight excluding hydrogens is 649 g/mol. The van der Waals surface area contributed by atoms with Crippen LogP contribution in [0.15, 0.2) is 48.5 Å². The van der Waals surface area contributed by atoms with E-state index in [2.05, 4.69) is 69.3 Å². The fourth-order valence-corrected chi connectivity index (χ4v) is 8.02. The maximum absolute atomic E-state index is 6.32. The predicted octanol–water partition coefficient (Wildman–Crippen LogP) is 14.8. The van der Waals surface area contributed by atoms with Crippen LogP contribution in [0, 0.1) is 0 Å². The third-order valence-corrected chi connectivity index (χ3v) is 11.2. The van der Waals surface area contributed by atoms with Crippen molar-refractivity contribution in [1.29, 1.82) is 0 Å². The lowest BCUT2D eigenvalue weighted by Gasteiger charge is -2.19. The summed E-state index contributed by atoms with van der Waals surface area (Å²) in [5.74, 6) is 2.94. The van der Waals surface area contributed by atoms with E-state index in [1.165, 1.54) is 174 Å². The fourth-order valence-electron chi connectivity index (χ4n) is 8.02. The van der Waals surface area contributed by atoms with Gasteiger partial charge in [-0.15, -0.1) is 0 Å². The highest BCUT2D eigenvalue weighted by Gasteiger charge is 2.17. The molecule has 0 radical (unpaired) electrons. The Morgan fingerprint density at radius 3 is 1.00 bits per heavy atom. The first-order valence-electron chi connectivity index (χ1n) is 22.1. The SMILES string of the molecule is CCCCCCCCCc1ccc(OC)c(Cc2cc(CCCCCCCCC)cc(Cc3cc(CCCCCCCCC)ccc3OC)c2OC)c1. The third kappa shape index (κ3) is 17.0. The maximum Gasteiger partial charge on any atom is 0.125 e. The van der Waals surface area contributed by atoms with Gasteiger partial charge >= 0.3 is 0 Å². The molecule has 0 bridgehead atoms. The van der Waals surface area contributed by atoms with Gasteiger partial charge in [0.1, 0.15) is 17.2 Å². The molecule has 296 valence electrons. The topological polar surface area (TPSA) is 27.7 Å². The molecule has 0 aromatic heterocycles. The summed E-state index contributed by atoms with van der Waals surface area (Å²) in [5, 5.41) is 0. The van der Waals surface area contributed by atoms with E-state index in [-0.39, 0.29) is 0 Å². The zero-order valence-corrected chi connectivity index (χ0v) is 35.2. The smallest absolute Gasteiger partial charge is 0.125 e. The summed E-state index contributed by atoms with van der Waals surface area (Å²) in [7, 11) is 5.46. The largest absolute Gasteiger partial charge is 0.496 e. The first-order valence-corrected chi connectivity index (χ1v) is 22.1. The third-order valence-electron chi connectivity index (χ3n) is 11.2. The van der Waals surface area contributed by atoms with Crippen molar-refractivity contribution in [2.75, 3.05) is 21.3 Å². The Morgan fingerprint density at radius 2 is 0.660 bits per heavy atom. The minimum atomic E-state index is 0.796. The number of unbranched alkanes of at least 4 members (excludes halogenated alkanes) is 18. The standard InChI is InChI=1S/C50H78O3/c1-7-10-13-16-19-22-25-28-41-31-33-48(51-4)44(35-41)39-46-37-43(30-27-24-21-18-15-12-9-3)38-47(50(46)53-6)40-45-36-42(32-34-49(45)52-5)29-26-23-20-17-14-11-8-2/h31-38H,7-30,39-40H2,1-6H3. The second-order valence-corrected chi connectivity index (χ2v) is 15.7. The maximum atomic E-state index is 6.32. The molecule has 0 amide bonds. The quantitative estimate of drug-likeness (QED) is 0.0618. The Labute approximate surface area is 327 Å². The summed E-state index contributed by atoms with van der Waals surface area (Å²) in [5.41, 5.74) is 9.26. The highest BCUT2D eigenvalue weighted by atomic mass is 16.5. The van der Waals surface area contributed by atoms with Gasteiger partial charge in [-0.25, -0.2) is 0 Å². The summed E-state index contributed by atoms with van der Waals surface area (Å²) in [6.45, 7) is 6.88. The van der Waals surface area contributed by atoms with Crippen LogP contribution < -0.4 is 14.2 Å². The Bertz CT molecular complexity index is 1300. The molecule has 0 unspecified atom stereocenters. The first-order chi connectivity index (χ1) is 26.1. The van der Waals surface area contributed by atoms with Crippen molar-refractivity contribution in [2.45, 2.75) is 188 Å². The van der Waals surface area contributed by atoms with Crippen LogP contribution in [0.5, 0.6) is 17.2 Å². The summed E-state index contributed by atoms with van der Waals surface area (Å²) < 4.78 is 18.2. The van der Waals surface area contributed by atoms with E-state index in [1.807, 2.05) is 7.11 Å². The number of rotatable bonds is 31. The lowest BCUT2D eigenvalue weighted by Crippen LogP contribution is -2.05. The van der Waals surface area contributed by atoms with Crippen LogP contribution in [-0.4, -0.2) is 21.3 Å².